The van der Waals surface area contributed by atoms with Crippen molar-refractivity contribution < 1.29 is 9.59 Å². The Morgan fingerprint density at radius 3 is 2.33 bits per heavy atom. The lowest BCUT2D eigenvalue weighted by Crippen LogP contribution is -2.50. The zero-order valence-electron chi connectivity index (χ0n) is 11.5. The van der Waals surface area contributed by atoms with Crippen molar-refractivity contribution >= 4 is 11.8 Å². The first-order valence-corrected chi connectivity index (χ1v) is 6.78. The predicted octanol–water partition coefficient (Wildman–Crippen LogP) is 0.633. The van der Waals surface area contributed by atoms with Gasteiger partial charge in [-0.3, -0.25) is 9.59 Å². The second-order valence-electron chi connectivity index (χ2n) is 5.14. The van der Waals surface area contributed by atoms with Crippen LogP contribution in [-0.4, -0.2) is 42.4 Å². The minimum Gasteiger partial charge on any atom is -0.368 e. The van der Waals surface area contributed by atoms with E-state index in [1.807, 2.05) is 14.0 Å². The first-order valence-electron chi connectivity index (χ1n) is 6.78. The Balaban J connectivity index is 2.62. The van der Waals surface area contributed by atoms with Gasteiger partial charge in [0.2, 0.25) is 11.8 Å². The van der Waals surface area contributed by atoms with Crippen molar-refractivity contribution in [3.05, 3.63) is 0 Å². The molecule has 0 aromatic carbocycles. The van der Waals surface area contributed by atoms with Crippen molar-refractivity contribution in [2.75, 3.05) is 20.1 Å². The quantitative estimate of drug-likeness (QED) is 0.731. The number of hydrogen-bond donors (Lipinski definition) is 2. The van der Waals surface area contributed by atoms with Crippen LogP contribution in [0.4, 0.5) is 0 Å². The second-order valence-corrected chi connectivity index (χ2v) is 5.14. The molecule has 1 rings (SSSR count). The van der Waals surface area contributed by atoms with E-state index in [-0.39, 0.29) is 18.0 Å². The van der Waals surface area contributed by atoms with Crippen molar-refractivity contribution in [3.63, 3.8) is 0 Å². The first kappa shape index (κ1) is 15.0. The highest BCUT2D eigenvalue weighted by atomic mass is 16.2. The minimum absolute atomic E-state index is 0.0209. The monoisotopic (exact) mass is 255 g/mol. The standard InChI is InChI=1S/C13H25N3O2/c1-3-16(10-11(14)17)12(18)9-13(15-2)7-5-4-6-8-13/h15H,3-10H2,1-2H3,(H2,14,17). The van der Waals surface area contributed by atoms with Crippen molar-refractivity contribution in [1.29, 1.82) is 0 Å². The zero-order chi connectivity index (χ0) is 13.6. The van der Waals surface area contributed by atoms with Gasteiger partial charge >= 0.3 is 0 Å². The van der Waals surface area contributed by atoms with Gasteiger partial charge in [0.15, 0.2) is 0 Å². The Morgan fingerprint density at radius 1 is 1.28 bits per heavy atom. The molecule has 0 aromatic heterocycles. The molecule has 0 aromatic rings. The van der Waals surface area contributed by atoms with Crippen LogP contribution in [0.1, 0.15) is 45.4 Å². The summed E-state index contributed by atoms with van der Waals surface area (Å²) >= 11 is 0. The summed E-state index contributed by atoms with van der Waals surface area (Å²) in [6, 6.07) is 0. The topological polar surface area (TPSA) is 75.4 Å². The van der Waals surface area contributed by atoms with Crippen LogP contribution in [0.15, 0.2) is 0 Å². The number of amides is 2. The molecule has 104 valence electrons. The molecule has 1 saturated carbocycles. The molecule has 1 fully saturated rings. The van der Waals surface area contributed by atoms with E-state index in [2.05, 4.69) is 5.32 Å². The van der Waals surface area contributed by atoms with E-state index >= 15 is 0 Å². The molecule has 0 heterocycles. The summed E-state index contributed by atoms with van der Waals surface area (Å²) in [5, 5.41) is 3.32. The lowest BCUT2D eigenvalue weighted by Gasteiger charge is -2.38. The van der Waals surface area contributed by atoms with Gasteiger partial charge < -0.3 is 16.0 Å². The maximum atomic E-state index is 12.2. The van der Waals surface area contributed by atoms with E-state index < -0.39 is 5.91 Å². The molecular weight excluding hydrogens is 230 g/mol. The van der Waals surface area contributed by atoms with Crippen LogP contribution in [0.25, 0.3) is 0 Å². The first-order chi connectivity index (χ1) is 8.53. The van der Waals surface area contributed by atoms with Gasteiger partial charge in [0.25, 0.3) is 0 Å². The minimum atomic E-state index is -0.452. The summed E-state index contributed by atoms with van der Waals surface area (Å²) in [6.07, 6.45) is 6.10. The summed E-state index contributed by atoms with van der Waals surface area (Å²) in [5.74, 6) is -0.431. The zero-order valence-corrected chi connectivity index (χ0v) is 11.5. The molecule has 0 spiro atoms. The Morgan fingerprint density at radius 2 is 1.89 bits per heavy atom. The summed E-state index contributed by atoms with van der Waals surface area (Å²) in [5.41, 5.74) is 5.07. The molecular formula is C13H25N3O2. The molecule has 0 radical (unpaired) electrons. The highest BCUT2D eigenvalue weighted by Crippen LogP contribution is 2.31. The summed E-state index contributed by atoms with van der Waals surface area (Å²) in [4.78, 5) is 24.7. The third-order valence-electron chi connectivity index (χ3n) is 3.91. The molecule has 1 aliphatic rings. The van der Waals surface area contributed by atoms with Crippen molar-refractivity contribution in [1.82, 2.24) is 10.2 Å². The van der Waals surface area contributed by atoms with E-state index in [1.54, 1.807) is 0 Å². The van der Waals surface area contributed by atoms with E-state index in [1.165, 1.54) is 11.3 Å². The number of nitrogens with two attached hydrogens (primary N) is 1. The highest BCUT2D eigenvalue weighted by molar-refractivity contribution is 5.84. The normalized spacial score (nSPS) is 18.3. The lowest BCUT2D eigenvalue weighted by molar-refractivity contribution is -0.136. The molecule has 0 unspecified atom stereocenters. The average molecular weight is 255 g/mol. The summed E-state index contributed by atoms with van der Waals surface area (Å²) in [7, 11) is 1.92. The largest absolute Gasteiger partial charge is 0.368 e. The van der Waals surface area contributed by atoms with Crippen LogP contribution in [0.5, 0.6) is 0 Å². The van der Waals surface area contributed by atoms with Gasteiger partial charge in [-0.25, -0.2) is 0 Å². The fourth-order valence-electron chi connectivity index (χ4n) is 2.71. The SMILES string of the molecule is CCN(CC(N)=O)C(=O)CC1(NC)CCCCC1. The molecule has 0 aliphatic heterocycles. The maximum absolute atomic E-state index is 12.2. The summed E-state index contributed by atoms with van der Waals surface area (Å²) in [6.45, 7) is 2.42. The third-order valence-corrected chi connectivity index (χ3v) is 3.91. The van der Waals surface area contributed by atoms with Gasteiger partial charge in [0.1, 0.15) is 0 Å². The van der Waals surface area contributed by atoms with E-state index in [9.17, 15) is 9.59 Å². The van der Waals surface area contributed by atoms with Crippen LogP contribution in [-0.2, 0) is 9.59 Å². The molecule has 1 aliphatic carbocycles. The Labute approximate surface area is 109 Å². The van der Waals surface area contributed by atoms with Gasteiger partial charge in [-0.1, -0.05) is 19.3 Å². The van der Waals surface area contributed by atoms with Crippen LogP contribution in [0.3, 0.4) is 0 Å². The van der Waals surface area contributed by atoms with Gasteiger partial charge in [-0.2, -0.15) is 0 Å². The highest BCUT2D eigenvalue weighted by Gasteiger charge is 2.34. The molecule has 0 atom stereocenters. The van der Waals surface area contributed by atoms with Crippen molar-refractivity contribution in [3.8, 4) is 0 Å². The van der Waals surface area contributed by atoms with E-state index in [0.29, 0.717) is 13.0 Å². The molecule has 0 saturated heterocycles. The van der Waals surface area contributed by atoms with Gasteiger partial charge in [0, 0.05) is 18.5 Å². The van der Waals surface area contributed by atoms with Crippen LogP contribution in [0, 0.1) is 0 Å². The molecule has 0 bridgehead atoms. The average Bonchev–Trinajstić information content (AvgIpc) is 2.36. The number of primary amides is 1. The second kappa shape index (κ2) is 6.73. The van der Waals surface area contributed by atoms with E-state index in [4.69, 9.17) is 5.73 Å². The Kier molecular flexibility index (Phi) is 5.59. The number of nitrogens with one attached hydrogen (secondary N) is 1. The van der Waals surface area contributed by atoms with Crippen LogP contribution < -0.4 is 11.1 Å². The molecule has 5 heteroatoms. The number of likely N-dealkylation sites (N-methyl/N-ethyl adjacent to an activating group) is 1. The fourth-order valence-corrected chi connectivity index (χ4v) is 2.71. The number of rotatable bonds is 6. The molecule has 3 N–H and O–H groups in total. The Bertz CT molecular complexity index is 299. The van der Waals surface area contributed by atoms with Crippen LogP contribution in [0.2, 0.25) is 0 Å². The van der Waals surface area contributed by atoms with Gasteiger partial charge in [0.05, 0.1) is 6.54 Å². The van der Waals surface area contributed by atoms with E-state index in [0.717, 1.165) is 25.7 Å². The van der Waals surface area contributed by atoms with Gasteiger partial charge in [-0.05, 0) is 26.8 Å². The number of nitrogens with zero attached hydrogens (tertiary/aromatic N) is 1. The molecule has 2 amide bonds. The van der Waals surface area contributed by atoms with Crippen molar-refractivity contribution in [2.45, 2.75) is 51.0 Å². The number of hydrogen-bond acceptors (Lipinski definition) is 3. The third kappa shape index (κ3) is 3.98. The Hall–Kier alpha value is -1.10. The maximum Gasteiger partial charge on any atom is 0.237 e. The van der Waals surface area contributed by atoms with Crippen molar-refractivity contribution in [2.24, 2.45) is 5.73 Å². The summed E-state index contributed by atoms with van der Waals surface area (Å²) < 4.78 is 0. The predicted molar refractivity (Wildman–Crippen MR) is 70.9 cm³/mol. The number of carbonyl (C=O) groups is 2. The molecule has 18 heavy (non-hydrogen) atoms. The van der Waals surface area contributed by atoms with Gasteiger partial charge in [-0.15, -0.1) is 0 Å². The fraction of sp³-hybridized carbons (Fsp3) is 0.846. The lowest BCUT2D eigenvalue weighted by atomic mass is 9.79. The van der Waals surface area contributed by atoms with Crippen LogP contribution >= 0.6 is 0 Å². The molecule has 5 nitrogen and oxygen atoms in total. The number of carbonyl (C=O) groups excluding carboxylic acids is 2. The smallest absolute Gasteiger partial charge is 0.237 e.